The zero-order chi connectivity index (χ0) is 9.94. The summed E-state index contributed by atoms with van der Waals surface area (Å²) < 4.78 is 0. The molecule has 1 unspecified atom stereocenters. The molecular formula is C10H19OS2. The van der Waals surface area contributed by atoms with Gasteiger partial charge in [-0.25, -0.2) is 0 Å². The Hall–Kier alpha value is 0.370. The molecule has 0 bridgehead atoms. The molecule has 0 N–H and O–H groups in total. The molecule has 0 aliphatic rings. The summed E-state index contributed by atoms with van der Waals surface area (Å²) >= 11 is 3.87. The molecule has 1 radical (unpaired) electrons. The molecule has 3 heteroatoms. The fraction of sp³-hybridized carbons (Fsp3) is 0.900. The Labute approximate surface area is 90.4 Å². The van der Waals surface area contributed by atoms with Crippen molar-refractivity contribution in [2.75, 3.05) is 18.3 Å². The van der Waals surface area contributed by atoms with Crippen LogP contribution in [0.25, 0.3) is 0 Å². The summed E-state index contributed by atoms with van der Waals surface area (Å²) in [5.74, 6) is 1.26. The van der Waals surface area contributed by atoms with Gasteiger partial charge >= 0.3 is 0 Å². The summed E-state index contributed by atoms with van der Waals surface area (Å²) in [7, 11) is 0. The third-order valence-corrected chi connectivity index (χ3v) is 3.81. The largest absolute Gasteiger partial charge is 0.291 e. The predicted octanol–water partition coefficient (Wildman–Crippen LogP) is 3.14. The maximum absolute atomic E-state index is 9.96. The van der Waals surface area contributed by atoms with Crippen LogP contribution in [-0.4, -0.2) is 29.8 Å². The zero-order valence-electron chi connectivity index (χ0n) is 8.54. The molecule has 0 heterocycles. The van der Waals surface area contributed by atoms with E-state index in [1.807, 2.05) is 29.8 Å². The normalized spacial score (nSPS) is 12.8. The summed E-state index contributed by atoms with van der Waals surface area (Å²) in [6, 6.07) is 0. The van der Waals surface area contributed by atoms with Crippen molar-refractivity contribution in [3.63, 3.8) is 0 Å². The number of carbonyl (C=O) groups excluding carboxylic acids is 1. The van der Waals surface area contributed by atoms with Gasteiger partial charge in [0.2, 0.25) is 0 Å². The lowest BCUT2D eigenvalue weighted by Crippen LogP contribution is -2.03. The molecule has 0 amide bonds. The minimum atomic E-state index is 0.615. The highest BCUT2D eigenvalue weighted by Crippen LogP contribution is 2.19. The van der Waals surface area contributed by atoms with Gasteiger partial charge in [-0.3, -0.25) is 4.79 Å². The topological polar surface area (TPSA) is 17.1 Å². The molecule has 1 nitrogen and oxygen atoms in total. The summed E-state index contributed by atoms with van der Waals surface area (Å²) in [5.41, 5.74) is 0. The van der Waals surface area contributed by atoms with Crippen molar-refractivity contribution in [2.24, 2.45) is 0 Å². The fourth-order valence-electron chi connectivity index (χ4n) is 1.20. The molecule has 0 fully saturated rings. The summed E-state index contributed by atoms with van der Waals surface area (Å²) in [5, 5.41) is 0.791. The Morgan fingerprint density at radius 3 is 2.54 bits per heavy atom. The van der Waals surface area contributed by atoms with Crippen LogP contribution in [0, 0.1) is 0 Å². The van der Waals surface area contributed by atoms with E-state index in [1.54, 1.807) is 0 Å². The molecule has 0 rings (SSSR count). The lowest BCUT2D eigenvalue weighted by atomic mass is 10.1. The van der Waals surface area contributed by atoms with E-state index in [1.165, 1.54) is 25.0 Å². The Kier molecular flexibility index (Phi) is 10.7. The van der Waals surface area contributed by atoms with Crippen molar-refractivity contribution in [3.05, 3.63) is 0 Å². The Morgan fingerprint density at radius 2 is 2.00 bits per heavy atom. The van der Waals surface area contributed by atoms with E-state index in [0.717, 1.165) is 11.7 Å². The van der Waals surface area contributed by atoms with E-state index in [0.29, 0.717) is 6.42 Å². The molecule has 0 aromatic carbocycles. The van der Waals surface area contributed by atoms with E-state index in [-0.39, 0.29) is 0 Å². The average molecular weight is 219 g/mol. The third kappa shape index (κ3) is 8.69. The second kappa shape index (κ2) is 10.5. The first-order valence-electron chi connectivity index (χ1n) is 4.72. The van der Waals surface area contributed by atoms with E-state index in [9.17, 15) is 4.79 Å². The summed E-state index contributed by atoms with van der Waals surface area (Å²) in [6.07, 6.45) is 11.6. The lowest BCUT2D eigenvalue weighted by molar-refractivity contribution is 0.544. The van der Waals surface area contributed by atoms with Crippen molar-refractivity contribution in [3.8, 4) is 0 Å². The van der Waals surface area contributed by atoms with Crippen LogP contribution in [0.5, 0.6) is 0 Å². The average Bonchev–Trinajstić information content (AvgIpc) is 2.17. The number of thioether (sulfide) groups is 2. The quantitative estimate of drug-likeness (QED) is 0.555. The predicted molar refractivity (Wildman–Crippen MR) is 64.5 cm³/mol. The van der Waals surface area contributed by atoms with E-state index in [2.05, 4.69) is 12.5 Å². The molecule has 0 spiro atoms. The highest BCUT2D eigenvalue weighted by Gasteiger charge is 2.05. The van der Waals surface area contributed by atoms with Gasteiger partial charge in [0.15, 0.2) is 6.29 Å². The molecular weight excluding hydrogens is 200 g/mol. The van der Waals surface area contributed by atoms with E-state index < -0.39 is 0 Å². The van der Waals surface area contributed by atoms with E-state index >= 15 is 0 Å². The maximum atomic E-state index is 9.96. The monoisotopic (exact) mass is 219 g/mol. The van der Waals surface area contributed by atoms with Crippen LogP contribution >= 0.6 is 23.5 Å². The molecule has 0 aromatic rings. The van der Waals surface area contributed by atoms with E-state index in [4.69, 9.17) is 0 Å². The number of rotatable bonds is 9. The molecule has 1 atom stereocenters. The van der Waals surface area contributed by atoms with Crippen LogP contribution in [0.1, 0.15) is 32.1 Å². The number of hydrogen-bond acceptors (Lipinski definition) is 3. The second-order valence-corrected chi connectivity index (χ2v) is 5.15. The van der Waals surface area contributed by atoms with Crippen molar-refractivity contribution < 1.29 is 4.79 Å². The van der Waals surface area contributed by atoms with Crippen molar-refractivity contribution >= 4 is 29.8 Å². The molecule has 0 aliphatic heterocycles. The first-order chi connectivity index (χ1) is 6.35. The zero-order valence-corrected chi connectivity index (χ0v) is 10.2. The third-order valence-electron chi connectivity index (χ3n) is 2.03. The molecule has 0 aromatic heterocycles. The van der Waals surface area contributed by atoms with Gasteiger partial charge in [-0.15, -0.1) is 0 Å². The minimum absolute atomic E-state index is 0.615. The molecule has 0 saturated carbocycles. The van der Waals surface area contributed by atoms with Crippen LogP contribution in [0.3, 0.4) is 0 Å². The Morgan fingerprint density at radius 1 is 1.23 bits per heavy atom. The fourth-order valence-corrected chi connectivity index (χ4v) is 2.62. The number of hydrogen-bond donors (Lipinski definition) is 0. The van der Waals surface area contributed by atoms with Gasteiger partial charge in [0.1, 0.15) is 0 Å². The maximum Gasteiger partial charge on any atom is 0.198 e. The Balaban J connectivity index is 3.30. The smallest absolute Gasteiger partial charge is 0.198 e. The minimum Gasteiger partial charge on any atom is -0.291 e. The van der Waals surface area contributed by atoms with Crippen LogP contribution in [-0.2, 0) is 4.79 Å². The van der Waals surface area contributed by atoms with Gasteiger partial charge in [-0.2, -0.15) is 23.5 Å². The molecule has 0 saturated heterocycles. The Bertz CT molecular complexity index is 117. The lowest BCUT2D eigenvalue weighted by Gasteiger charge is -2.12. The standard InChI is InChI=1S/C10H19OS2/c1-12-9-7-10(13-2)6-4-3-5-8-11/h10H,3-7,9H2,1-2H3. The van der Waals surface area contributed by atoms with Crippen LogP contribution in [0.4, 0.5) is 0 Å². The van der Waals surface area contributed by atoms with Gasteiger partial charge in [0.25, 0.3) is 0 Å². The highest BCUT2D eigenvalue weighted by atomic mass is 32.2. The molecule has 0 aliphatic carbocycles. The molecule has 13 heavy (non-hydrogen) atoms. The van der Waals surface area contributed by atoms with Gasteiger partial charge in [0.05, 0.1) is 0 Å². The highest BCUT2D eigenvalue weighted by molar-refractivity contribution is 7.99. The van der Waals surface area contributed by atoms with Crippen molar-refractivity contribution in [1.29, 1.82) is 0 Å². The van der Waals surface area contributed by atoms with Gasteiger partial charge in [0, 0.05) is 11.7 Å². The number of unbranched alkanes of at least 4 members (excludes halogenated alkanes) is 2. The first kappa shape index (κ1) is 13.4. The van der Waals surface area contributed by atoms with Crippen molar-refractivity contribution in [1.82, 2.24) is 0 Å². The van der Waals surface area contributed by atoms with Gasteiger partial charge < -0.3 is 0 Å². The van der Waals surface area contributed by atoms with Gasteiger partial charge in [-0.05, 0) is 37.5 Å². The van der Waals surface area contributed by atoms with Crippen molar-refractivity contribution in [2.45, 2.75) is 37.4 Å². The van der Waals surface area contributed by atoms with Crippen LogP contribution in [0.15, 0.2) is 0 Å². The summed E-state index contributed by atoms with van der Waals surface area (Å²) in [6.45, 7) is 0. The second-order valence-electron chi connectivity index (χ2n) is 3.03. The SMILES string of the molecule is CSCCC(CCCC[C]=O)SC. The summed E-state index contributed by atoms with van der Waals surface area (Å²) in [4.78, 5) is 9.96. The first-order valence-corrected chi connectivity index (χ1v) is 7.40. The molecule has 77 valence electrons. The van der Waals surface area contributed by atoms with Crippen LogP contribution < -0.4 is 0 Å². The van der Waals surface area contributed by atoms with Crippen LogP contribution in [0.2, 0.25) is 0 Å². The van der Waals surface area contributed by atoms with Gasteiger partial charge in [-0.1, -0.05) is 6.42 Å².